The van der Waals surface area contributed by atoms with Crippen LogP contribution in [-0.4, -0.2) is 41.6 Å². The molecule has 0 aliphatic carbocycles. The van der Waals surface area contributed by atoms with Crippen molar-refractivity contribution >= 4 is 17.7 Å². The van der Waals surface area contributed by atoms with Crippen molar-refractivity contribution < 1.29 is 28.9 Å². The van der Waals surface area contributed by atoms with Gasteiger partial charge in [-0.1, -0.05) is 6.07 Å². The Kier molecular flexibility index (Phi) is 5.06. The second-order valence-corrected chi connectivity index (χ2v) is 6.47. The first-order valence-corrected chi connectivity index (χ1v) is 7.58. The quantitative estimate of drug-likeness (QED) is 0.755. The third-order valence-electron chi connectivity index (χ3n) is 3.00. The predicted molar refractivity (Wildman–Crippen MR) is 86.4 cm³/mol. The summed E-state index contributed by atoms with van der Waals surface area (Å²) < 4.78 is 15.7. The number of rotatable bonds is 5. The lowest BCUT2D eigenvalue weighted by Gasteiger charge is -2.22. The summed E-state index contributed by atoms with van der Waals surface area (Å²) in [5.74, 6) is -0.494. The molecule has 0 fully saturated rings. The van der Waals surface area contributed by atoms with Crippen molar-refractivity contribution in [2.24, 2.45) is 0 Å². The van der Waals surface area contributed by atoms with Crippen molar-refractivity contribution in [2.45, 2.75) is 45.6 Å². The van der Waals surface area contributed by atoms with E-state index >= 15 is 0 Å². The first kappa shape index (κ1) is 17.7. The number of benzene rings is 1. The summed E-state index contributed by atoms with van der Waals surface area (Å²) in [4.78, 5) is 22.7. The second kappa shape index (κ2) is 6.86. The molecule has 1 aromatic carbocycles. The molecule has 2 atom stereocenters. The molecule has 1 amide bonds. The third kappa shape index (κ3) is 4.68. The highest BCUT2D eigenvalue weighted by Gasteiger charge is 2.32. The predicted octanol–water partition coefficient (Wildman–Crippen LogP) is 2.19. The van der Waals surface area contributed by atoms with Crippen molar-refractivity contribution in [3.63, 3.8) is 0 Å². The van der Waals surface area contributed by atoms with Crippen molar-refractivity contribution in [2.75, 3.05) is 11.9 Å². The highest BCUT2D eigenvalue weighted by Crippen LogP contribution is 2.41. The summed E-state index contributed by atoms with van der Waals surface area (Å²) in [6.07, 6.45) is -1.85. The van der Waals surface area contributed by atoms with Crippen LogP contribution in [0.5, 0.6) is 11.5 Å². The van der Waals surface area contributed by atoms with E-state index in [0.29, 0.717) is 23.7 Å². The fraction of sp³-hybridized carbons (Fsp3) is 0.500. The van der Waals surface area contributed by atoms with E-state index in [1.807, 2.05) is 6.92 Å². The lowest BCUT2D eigenvalue weighted by Crippen LogP contribution is -2.40. The average Bonchev–Trinajstić information content (AvgIpc) is 2.87. The maximum atomic E-state index is 11.7. The molecule has 0 aromatic heterocycles. The van der Waals surface area contributed by atoms with Gasteiger partial charge in [-0.05, 0) is 39.8 Å². The molecular weight excluding hydrogens is 316 g/mol. The van der Waals surface area contributed by atoms with Crippen LogP contribution in [0.4, 0.5) is 10.5 Å². The maximum absolute atomic E-state index is 11.7. The average molecular weight is 338 g/mol. The van der Waals surface area contributed by atoms with Crippen LogP contribution in [0.1, 0.15) is 27.7 Å². The molecule has 0 saturated carbocycles. The molecule has 1 aliphatic heterocycles. The minimum absolute atomic E-state index is 0.215. The van der Waals surface area contributed by atoms with E-state index < -0.39 is 24.0 Å². The topological polar surface area (TPSA) is 106 Å². The van der Waals surface area contributed by atoms with E-state index in [1.165, 1.54) is 0 Å². The summed E-state index contributed by atoms with van der Waals surface area (Å²) >= 11 is 0. The highest BCUT2D eigenvalue weighted by molar-refractivity contribution is 5.75. The Balaban J connectivity index is 1.91. The van der Waals surface area contributed by atoms with Crippen LogP contribution in [0.2, 0.25) is 0 Å². The summed E-state index contributed by atoms with van der Waals surface area (Å²) in [6.45, 7) is 7.59. The van der Waals surface area contributed by atoms with Crippen molar-refractivity contribution in [1.82, 2.24) is 5.32 Å². The number of fused-ring (bicyclic) bond motifs is 1. The zero-order valence-corrected chi connectivity index (χ0v) is 14.1. The van der Waals surface area contributed by atoms with Gasteiger partial charge in [-0.3, -0.25) is 0 Å². The number of carbonyl (C=O) groups is 2. The fourth-order valence-electron chi connectivity index (χ4n) is 2.04. The van der Waals surface area contributed by atoms with E-state index in [1.54, 1.807) is 39.0 Å². The SMILES string of the molecule is C[C@H](CNc1cccc2c1OC(C(=O)O)O2)NC(=O)OC(C)(C)C. The van der Waals surface area contributed by atoms with Gasteiger partial charge in [-0.15, -0.1) is 0 Å². The Bertz CT molecular complexity index is 625. The lowest BCUT2D eigenvalue weighted by molar-refractivity contribution is -0.154. The molecule has 3 N–H and O–H groups in total. The molecular formula is C16H22N2O6. The molecule has 8 heteroatoms. The molecule has 1 aromatic rings. The van der Waals surface area contributed by atoms with Crippen LogP contribution >= 0.6 is 0 Å². The van der Waals surface area contributed by atoms with Crippen LogP contribution in [0, 0.1) is 0 Å². The summed E-state index contributed by atoms with van der Waals surface area (Å²) in [5, 5.41) is 14.8. The molecule has 24 heavy (non-hydrogen) atoms. The standard InChI is InChI=1S/C16H22N2O6/c1-9(18-15(21)24-16(2,3)4)8-17-10-6-5-7-11-12(10)23-14(22-11)13(19)20/h5-7,9,14,17H,8H2,1-4H3,(H,18,21)(H,19,20)/t9-,14?/m1/s1. The molecule has 0 bridgehead atoms. The Labute approximate surface area is 140 Å². The van der Waals surface area contributed by atoms with Crippen molar-refractivity contribution in [1.29, 1.82) is 0 Å². The van der Waals surface area contributed by atoms with E-state index in [0.717, 1.165) is 0 Å². The van der Waals surface area contributed by atoms with Gasteiger partial charge in [0.15, 0.2) is 11.5 Å². The molecule has 132 valence electrons. The number of hydrogen-bond donors (Lipinski definition) is 3. The molecule has 0 spiro atoms. The lowest BCUT2D eigenvalue weighted by atomic mass is 10.2. The van der Waals surface area contributed by atoms with Gasteiger partial charge < -0.3 is 30.0 Å². The summed E-state index contributed by atoms with van der Waals surface area (Å²) in [6, 6.07) is 4.88. The van der Waals surface area contributed by atoms with Crippen LogP contribution < -0.4 is 20.1 Å². The number of carboxylic acids is 1. The number of carboxylic acid groups (broad SMARTS) is 1. The summed E-state index contributed by atoms with van der Waals surface area (Å²) in [7, 11) is 0. The van der Waals surface area contributed by atoms with Gasteiger partial charge in [0.1, 0.15) is 5.60 Å². The van der Waals surface area contributed by atoms with E-state index in [-0.39, 0.29) is 6.04 Å². The van der Waals surface area contributed by atoms with Gasteiger partial charge in [-0.25, -0.2) is 9.59 Å². The van der Waals surface area contributed by atoms with Gasteiger partial charge in [0.25, 0.3) is 0 Å². The zero-order valence-electron chi connectivity index (χ0n) is 14.1. The van der Waals surface area contributed by atoms with Crippen LogP contribution in [-0.2, 0) is 9.53 Å². The molecule has 1 heterocycles. The Morgan fingerprint density at radius 3 is 2.67 bits per heavy atom. The van der Waals surface area contributed by atoms with Crippen LogP contribution in [0.25, 0.3) is 0 Å². The van der Waals surface area contributed by atoms with Gasteiger partial charge in [0.05, 0.1) is 5.69 Å². The minimum atomic E-state index is -1.35. The van der Waals surface area contributed by atoms with Gasteiger partial charge in [0, 0.05) is 12.6 Å². The molecule has 2 rings (SSSR count). The van der Waals surface area contributed by atoms with Crippen LogP contribution in [0.15, 0.2) is 18.2 Å². The minimum Gasteiger partial charge on any atom is -0.476 e. The molecule has 1 unspecified atom stereocenters. The van der Waals surface area contributed by atoms with Crippen molar-refractivity contribution in [3.8, 4) is 11.5 Å². The molecule has 8 nitrogen and oxygen atoms in total. The van der Waals surface area contributed by atoms with Crippen LogP contribution in [0.3, 0.4) is 0 Å². The number of hydrogen-bond acceptors (Lipinski definition) is 6. The number of para-hydroxylation sites is 1. The molecule has 0 radical (unpaired) electrons. The number of ether oxygens (including phenoxy) is 3. The number of amides is 1. The smallest absolute Gasteiger partial charge is 0.407 e. The monoisotopic (exact) mass is 338 g/mol. The second-order valence-electron chi connectivity index (χ2n) is 6.47. The highest BCUT2D eigenvalue weighted by atomic mass is 16.7. The number of anilines is 1. The zero-order chi connectivity index (χ0) is 17.9. The first-order chi connectivity index (χ1) is 11.2. The fourth-order valence-corrected chi connectivity index (χ4v) is 2.04. The Hall–Kier alpha value is -2.64. The van der Waals surface area contributed by atoms with E-state index in [2.05, 4.69) is 10.6 Å². The van der Waals surface area contributed by atoms with E-state index in [9.17, 15) is 9.59 Å². The van der Waals surface area contributed by atoms with Gasteiger partial charge in [-0.2, -0.15) is 0 Å². The first-order valence-electron chi connectivity index (χ1n) is 7.58. The summed E-state index contributed by atoms with van der Waals surface area (Å²) in [5.41, 5.74) is 0.0307. The van der Waals surface area contributed by atoms with Gasteiger partial charge >= 0.3 is 18.4 Å². The number of carbonyl (C=O) groups excluding carboxylic acids is 1. The Morgan fingerprint density at radius 2 is 2.04 bits per heavy atom. The largest absolute Gasteiger partial charge is 0.476 e. The third-order valence-corrected chi connectivity index (χ3v) is 3.00. The molecule has 1 aliphatic rings. The maximum Gasteiger partial charge on any atom is 0.407 e. The van der Waals surface area contributed by atoms with E-state index in [4.69, 9.17) is 19.3 Å². The number of nitrogens with one attached hydrogen (secondary N) is 2. The Morgan fingerprint density at radius 1 is 1.33 bits per heavy atom. The number of aliphatic carboxylic acids is 1. The van der Waals surface area contributed by atoms with Gasteiger partial charge in [0.2, 0.25) is 0 Å². The number of alkyl carbamates (subject to hydrolysis) is 1. The molecule has 0 saturated heterocycles. The van der Waals surface area contributed by atoms with Crippen molar-refractivity contribution in [3.05, 3.63) is 18.2 Å². The normalized spacial score (nSPS) is 17.1.